The lowest BCUT2D eigenvalue weighted by Gasteiger charge is -2.14. The van der Waals surface area contributed by atoms with Crippen molar-refractivity contribution in [1.29, 1.82) is 0 Å². The number of nitrogens with zero attached hydrogens (tertiary/aromatic N) is 3. The third-order valence-corrected chi connectivity index (χ3v) is 6.11. The maximum atomic E-state index is 12.5. The van der Waals surface area contributed by atoms with Crippen LogP contribution in [0.1, 0.15) is 17.3 Å². The second-order valence-corrected chi connectivity index (χ2v) is 8.98. The monoisotopic (exact) mass is 501 g/mol. The molecule has 4 aromatic rings. The molecule has 0 fully saturated rings. The first-order valence-corrected chi connectivity index (χ1v) is 11.6. The van der Waals surface area contributed by atoms with E-state index in [-0.39, 0.29) is 21.4 Å². The Kier molecular flexibility index (Phi) is 6.43. The van der Waals surface area contributed by atoms with Crippen LogP contribution in [0.4, 0.5) is 11.5 Å². The SMILES string of the molecule is CC(OC(=O)c1cccc2ocnc12)C(=O)Nc1ccc(S(=O)(=O)Nc2ccc(Cl)nn2)cc1. The summed E-state index contributed by atoms with van der Waals surface area (Å²) in [5.41, 5.74) is 1.21. The Morgan fingerprint density at radius 1 is 1.06 bits per heavy atom. The Morgan fingerprint density at radius 3 is 2.53 bits per heavy atom. The number of para-hydroxylation sites is 1. The number of amides is 1. The van der Waals surface area contributed by atoms with Gasteiger partial charge < -0.3 is 14.5 Å². The fourth-order valence-electron chi connectivity index (χ4n) is 2.86. The van der Waals surface area contributed by atoms with Crippen molar-refractivity contribution in [2.24, 2.45) is 0 Å². The van der Waals surface area contributed by atoms with Crippen LogP contribution < -0.4 is 10.0 Å². The quantitative estimate of drug-likeness (QED) is 0.363. The summed E-state index contributed by atoms with van der Waals surface area (Å²) in [5.74, 6) is -1.34. The minimum atomic E-state index is -3.94. The third-order valence-electron chi connectivity index (χ3n) is 4.54. The molecule has 0 spiro atoms. The van der Waals surface area contributed by atoms with Gasteiger partial charge in [-0.2, -0.15) is 0 Å². The van der Waals surface area contributed by atoms with E-state index in [9.17, 15) is 18.0 Å². The second kappa shape index (κ2) is 9.45. The van der Waals surface area contributed by atoms with Gasteiger partial charge in [0.15, 0.2) is 29.1 Å². The van der Waals surface area contributed by atoms with E-state index in [1.807, 2.05) is 0 Å². The Balaban J connectivity index is 1.38. The largest absolute Gasteiger partial charge is 0.449 e. The standard InChI is InChI=1S/C21H16ClN5O6S/c1-12(33-21(29)15-3-2-4-16-19(15)23-11-32-16)20(28)24-13-5-7-14(8-6-13)34(30,31)27-18-10-9-17(22)25-26-18/h2-12H,1H3,(H,24,28)(H,26,27). The van der Waals surface area contributed by atoms with E-state index in [4.69, 9.17) is 20.8 Å². The number of oxazole rings is 1. The molecule has 2 aromatic carbocycles. The van der Waals surface area contributed by atoms with Crippen molar-refractivity contribution in [3.05, 3.63) is 71.7 Å². The van der Waals surface area contributed by atoms with Crippen molar-refractivity contribution < 1.29 is 27.2 Å². The average molecular weight is 502 g/mol. The average Bonchev–Trinajstić information content (AvgIpc) is 3.30. The predicted molar refractivity (Wildman–Crippen MR) is 122 cm³/mol. The number of carbonyl (C=O) groups excluding carboxylic acids is 2. The van der Waals surface area contributed by atoms with Gasteiger partial charge in [-0.1, -0.05) is 17.7 Å². The van der Waals surface area contributed by atoms with E-state index < -0.39 is 28.0 Å². The number of fused-ring (bicyclic) bond motifs is 1. The molecule has 11 nitrogen and oxygen atoms in total. The van der Waals surface area contributed by atoms with Crippen LogP contribution >= 0.6 is 11.6 Å². The fraction of sp³-hybridized carbons (Fsp3) is 0.0952. The predicted octanol–water partition coefficient (Wildman–Crippen LogP) is 3.26. The van der Waals surface area contributed by atoms with Crippen molar-refractivity contribution in [3.63, 3.8) is 0 Å². The van der Waals surface area contributed by atoms with Crippen molar-refractivity contribution >= 4 is 56.1 Å². The number of anilines is 2. The van der Waals surface area contributed by atoms with Gasteiger partial charge in [0.2, 0.25) is 0 Å². The fourth-order valence-corrected chi connectivity index (χ4v) is 3.95. The highest BCUT2D eigenvalue weighted by atomic mass is 35.5. The number of nitrogens with one attached hydrogen (secondary N) is 2. The number of esters is 1. The van der Waals surface area contributed by atoms with Gasteiger partial charge in [0.1, 0.15) is 5.52 Å². The number of sulfonamides is 1. The molecular weight excluding hydrogens is 486 g/mol. The van der Waals surface area contributed by atoms with Gasteiger partial charge in [-0.05, 0) is 55.5 Å². The number of hydrogen-bond acceptors (Lipinski definition) is 9. The molecule has 0 saturated heterocycles. The van der Waals surface area contributed by atoms with Gasteiger partial charge in [-0.25, -0.2) is 18.2 Å². The molecule has 34 heavy (non-hydrogen) atoms. The molecule has 1 atom stereocenters. The van der Waals surface area contributed by atoms with Crippen molar-refractivity contribution in [2.75, 3.05) is 10.0 Å². The van der Waals surface area contributed by atoms with E-state index in [0.717, 1.165) is 0 Å². The first-order valence-electron chi connectivity index (χ1n) is 9.69. The Bertz CT molecular complexity index is 1460. The van der Waals surface area contributed by atoms with Crippen molar-refractivity contribution in [3.8, 4) is 0 Å². The highest BCUT2D eigenvalue weighted by molar-refractivity contribution is 7.92. The molecule has 2 aromatic heterocycles. The van der Waals surface area contributed by atoms with Crippen LogP contribution in [0, 0.1) is 0 Å². The number of aromatic nitrogens is 3. The van der Waals surface area contributed by atoms with Gasteiger partial charge >= 0.3 is 5.97 Å². The summed E-state index contributed by atoms with van der Waals surface area (Å²) in [6.07, 6.45) is 0.0723. The van der Waals surface area contributed by atoms with Crippen LogP contribution in [0.3, 0.4) is 0 Å². The zero-order valence-electron chi connectivity index (χ0n) is 17.4. The van der Waals surface area contributed by atoms with E-state index in [0.29, 0.717) is 16.8 Å². The molecule has 2 N–H and O–H groups in total. The van der Waals surface area contributed by atoms with Crippen LogP contribution in [0.15, 0.2) is 70.3 Å². The third kappa shape index (κ3) is 5.13. The summed E-state index contributed by atoms with van der Waals surface area (Å²) in [7, 11) is -3.94. The zero-order chi connectivity index (χ0) is 24.3. The van der Waals surface area contributed by atoms with Gasteiger partial charge in [0.25, 0.3) is 15.9 Å². The van der Waals surface area contributed by atoms with E-state index in [2.05, 4.69) is 25.2 Å². The molecule has 0 saturated carbocycles. The summed E-state index contributed by atoms with van der Waals surface area (Å²) in [6.45, 7) is 1.41. The summed E-state index contributed by atoms with van der Waals surface area (Å²) in [4.78, 5) is 28.9. The Labute approximate surface area is 198 Å². The summed E-state index contributed by atoms with van der Waals surface area (Å²) in [5, 5.41) is 9.90. The van der Waals surface area contributed by atoms with Gasteiger partial charge in [0.05, 0.1) is 10.5 Å². The molecule has 0 bridgehead atoms. The topological polar surface area (TPSA) is 153 Å². The van der Waals surface area contributed by atoms with Gasteiger partial charge in [-0.15, -0.1) is 10.2 Å². The lowest BCUT2D eigenvalue weighted by atomic mass is 10.2. The number of rotatable bonds is 7. The van der Waals surface area contributed by atoms with Crippen molar-refractivity contribution in [1.82, 2.24) is 15.2 Å². The number of benzene rings is 2. The molecule has 1 unspecified atom stereocenters. The van der Waals surface area contributed by atoms with E-state index in [1.54, 1.807) is 12.1 Å². The first kappa shape index (κ1) is 23.1. The normalized spacial score (nSPS) is 12.2. The second-order valence-electron chi connectivity index (χ2n) is 6.91. The maximum Gasteiger partial charge on any atom is 0.341 e. The molecule has 0 aliphatic carbocycles. The van der Waals surface area contributed by atoms with Crippen LogP contribution in [-0.4, -0.2) is 41.6 Å². The summed E-state index contributed by atoms with van der Waals surface area (Å²) >= 11 is 5.64. The molecule has 2 heterocycles. The minimum Gasteiger partial charge on any atom is -0.449 e. The maximum absolute atomic E-state index is 12.5. The smallest absolute Gasteiger partial charge is 0.341 e. The number of ether oxygens (including phenoxy) is 1. The highest BCUT2D eigenvalue weighted by Crippen LogP contribution is 2.20. The molecule has 13 heteroatoms. The van der Waals surface area contributed by atoms with Crippen LogP contribution in [0.2, 0.25) is 5.15 Å². The van der Waals surface area contributed by atoms with Crippen molar-refractivity contribution in [2.45, 2.75) is 17.9 Å². The molecule has 0 radical (unpaired) electrons. The first-order chi connectivity index (χ1) is 16.2. The zero-order valence-corrected chi connectivity index (χ0v) is 19.0. The minimum absolute atomic E-state index is 0.00117. The van der Waals surface area contributed by atoms with E-state index in [1.165, 1.54) is 55.8 Å². The van der Waals surface area contributed by atoms with E-state index >= 15 is 0 Å². The number of carbonyl (C=O) groups is 2. The molecule has 174 valence electrons. The lowest BCUT2D eigenvalue weighted by Crippen LogP contribution is -2.30. The van der Waals surface area contributed by atoms with Crippen LogP contribution in [0.25, 0.3) is 11.1 Å². The molecular formula is C21H16ClN5O6S. The lowest BCUT2D eigenvalue weighted by molar-refractivity contribution is -0.123. The molecule has 1 amide bonds. The number of hydrogen-bond donors (Lipinski definition) is 2. The van der Waals surface area contributed by atoms with Gasteiger partial charge in [0, 0.05) is 5.69 Å². The van der Waals surface area contributed by atoms with Crippen LogP contribution in [-0.2, 0) is 19.6 Å². The Morgan fingerprint density at radius 2 is 1.82 bits per heavy atom. The van der Waals surface area contributed by atoms with Crippen LogP contribution in [0.5, 0.6) is 0 Å². The Hall–Kier alpha value is -4.03. The highest BCUT2D eigenvalue weighted by Gasteiger charge is 2.22. The molecule has 0 aliphatic rings. The molecule has 0 aliphatic heterocycles. The number of halogens is 1. The summed E-state index contributed by atoms with van der Waals surface area (Å²) < 4.78 is 37.6. The summed E-state index contributed by atoms with van der Waals surface area (Å²) in [6, 6.07) is 12.9. The van der Waals surface area contributed by atoms with Gasteiger partial charge in [-0.3, -0.25) is 9.52 Å². The molecule has 4 rings (SSSR count).